The quantitative estimate of drug-likeness (QED) is 0.930. The first-order valence-electron chi connectivity index (χ1n) is 7.82. The Kier molecular flexibility index (Phi) is 4.18. The van der Waals surface area contributed by atoms with Crippen molar-refractivity contribution < 1.29 is 18.7 Å². The molecule has 0 radical (unpaired) electrons. The smallest absolute Gasteiger partial charge is 0.251 e. The Labute approximate surface area is 140 Å². The van der Waals surface area contributed by atoms with Crippen LogP contribution >= 0.6 is 0 Å². The van der Waals surface area contributed by atoms with Gasteiger partial charge in [0.25, 0.3) is 5.91 Å². The van der Waals surface area contributed by atoms with Crippen LogP contribution in [0.5, 0.6) is 11.5 Å². The van der Waals surface area contributed by atoms with Crippen LogP contribution in [0.4, 0.5) is 4.39 Å². The number of ether oxygens (including phenoxy) is 2. The van der Waals surface area contributed by atoms with Crippen LogP contribution in [-0.4, -0.2) is 18.6 Å². The van der Waals surface area contributed by atoms with Crippen molar-refractivity contribution in [3.8, 4) is 11.5 Å². The average molecular weight is 329 g/mol. The molecule has 0 aromatic heterocycles. The molecule has 0 bridgehead atoms. The predicted octanol–water partition coefficient (Wildman–Crippen LogP) is 3.87. The van der Waals surface area contributed by atoms with Gasteiger partial charge in [-0.05, 0) is 38.1 Å². The highest BCUT2D eigenvalue weighted by molar-refractivity contribution is 5.94. The zero-order valence-electron chi connectivity index (χ0n) is 13.9. The lowest BCUT2D eigenvalue weighted by atomic mass is 9.89. The minimum absolute atomic E-state index is 0.115. The van der Waals surface area contributed by atoms with Crippen LogP contribution < -0.4 is 14.8 Å². The number of rotatable bonds is 3. The number of para-hydroxylation sites is 1. The number of benzene rings is 2. The van der Waals surface area contributed by atoms with Gasteiger partial charge in [-0.1, -0.05) is 18.2 Å². The Morgan fingerprint density at radius 3 is 2.75 bits per heavy atom. The van der Waals surface area contributed by atoms with Crippen LogP contribution in [0.1, 0.15) is 42.2 Å². The van der Waals surface area contributed by atoms with E-state index in [1.54, 1.807) is 6.07 Å². The van der Waals surface area contributed by atoms with Crippen LogP contribution in [0.15, 0.2) is 42.5 Å². The zero-order valence-corrected chi connectivity index (χ0v) is 13.9. The molecule has 126 valence electrons. The van der Waals surface area contributed by atoms with Crippen LogP contribution in [0.2, 0.25) is 0 Å². The first-order chi connectivity index (χ1) is 11.4. The molecule has 0 unspecified atom stereocenters. The minimum Gasteiger partial charge on any atom is -0.494 e. The predicted molar refractivity (Wildman–Crippen MR) is 88.9 cm³/mol. The maximum atomic E-state index is 13.8. The van der Waals surface area contributed by atoms with Crippen LogP contribution in [0.3, 0.4) is 0 Å². The highest BCUT2D eigenvalue weighted by Crippen LogP contribution is 2.39. The molecule has 1 N–H and O–H groups in total. The lowest BCUT2D eigenvalue weighted by Crippen LogP contribution is -2.41. The summed E-state index contributed by atoms with van der Waals surface area (Å²) in [5.41, 5.74) is 0.798. The number of hydrogen-bond donors (Lipinski definition) is 1. The summed E-state index contributed by atoms with van der Waals surface area (Å²) < 4.78 is 24.7. The van der Waals surface area contributed by atoms with E-state index < -0.39 is 11.4 Å². The summed E-state index contributed by atoms with van der Waals surface area (Å²) in [4.78, 5) is 12.5. The van der Waals surface area contributed by atoms with Gasteiger partial charge in [-0.15, -0.1) is 0 Å². The van der Waals surface area contributed by atoms with E-state index in [0.29, 0.717) is 6.42 Å². The Morgan fingerprint density at radius 1 is 1.29 bits per heavy atom. The molecule has 4 nitrogen and oxygen atoms in total. The summed E-state index contributed by atoms with van der Waals surface area (Å²) in [7, 11) is 1.39. The second-order valence-electron chi connectivity index (χ2n) is 6.48. The largest absolute Gasteiger partial charge is 0.494 e. The molecule has 1 heterocycles. The molecule has 1 aliphatic heterocycles. The van der Waals surface area contributed by atoms with Gasteiger partial charge in [-0.25, -0.2) is 4.39 Å². The van der Waals surface area contributed by atoms with Crippen LogP contribution in [-0.2, 0) is 0 Å². The van der Waals surface area contributed by atoms with E-state index in [9.17, 15) is 9.18 Å². The van der Waals surface area contributed by atoms with E-state index in [4.69, 9.17) is 9.47 Å². The third kappa shape index (κ3) is 3.20. The third-order valence-corrected chi connectivity index (χ3v) is 4.10. The molecule has 0 spiro atoms. The minimum atomic E-state index is -0.558. The molecule has 24 heavy (non-hydrogen) atoms. The molecule has 0 fully saturated rings. The SMILES string of the molecule is COc1ccc(C(=O)N[C@@H]2CC(C)(C)Oc3ccccc32)cc1F. The Morgan fingerprint density at radius 2 is 2.04 bits per heavy atom. The Balaban J connectivity index is 1.85. The van der Waals surface area contributed by atoms with Crippen molar-refractivity contribution in [2.45, 2.75) is 31.9 Å². The van der Waals surface area contributed by atoms with Crippen molar-refractivity contribution in [3.05, 3.63) is 59.4 Å². The van der Waals surface area contributed by atoms with E-state index in [2.05, 4.69) is 5.32 Å². The monoisotopic (exact) mass is 329 g/mol. The third-order valence-electron chi connectivity index (χ3n) is 4.10. The van der Waals surface area contributed by atoms with Crippen molar-refractivity contribution in [2.24, 2.45) is 0 Å². The summed E-state index contributed by atoms with van der Waals surface area (Å²) in [6.07, 6.45) is 0.633. The van der Waals surface area contributed by atoms with Gasteiger partial charge in [0.2, 0.25) is 0 Å². The van der Waals surface area contributed by atoms with E-state index in [1.165, 1.54) is 19.2 Å². The van der Waals surface area contributed by atoms with Crippen LogP contribution in [0, 0.1) is 5.82 Å². The number of methoxy groups -OCH3 is 1. The highest BCUT2D eigenvalue weighted by atomic mass is 19.1. The molecule has 5 heteroatoms. The van der Waals surface area contributed by atoms with Gasteiger partial charge in [-0.2, -0.15) is 0 Å². The lowest BCUT2D eigenvalue weighted by Gasteiger charge is -2.37. The molecule has 1 atom stereocenters. The maximum absolute atomic E-state index is 13.8. The van der Waals surface area contributed by atoms with Gasteiger partial charge in [0.1, 0.15) is 11.4 Å². The molecule has 0 aliphatic carbocycles. The molecule has 3 rings (SSSR count). The second-order valence-corrected chi connectivity index (χ2v) is 6.48. The molecule has 1 amide bonds. The first kappa shape index (κ1) is 16.3. The van der Waals surface area contributed by atoms with Crippen molar-refractivity contribution in [2.75, 3.05) is 7.11 Å². The number of carbonyl (C=O) groups excluding carboxylic acids is 1. The fourth-order valence-electron chi connectivity index (χ4n) is 2.98. The van der Waals surface area contributed by atoms with E-state index in [1.807, 2.05) is 38.1 Å². The standard InChI is InChI=1S/C19H20FNO3/c1-19(2)11-15(13-6-4-5-7-16(13)24-19)21-18(22)12-8-9-17(23-3)14(20)10-12/h4-10,15H,11H2,1-3H3,(H,21,22)/t15-/m1/s1. The van der Waals surface area contributed by atoms with Crippen molar-refractivity contribution in [1.29, 1.82) is 0 Å². The van der Waals surface area contributed by atoms with Gasteiger partial charge in [0.15, 0.2) is 11.6 Å². The van der Waals surface area contributed by atoms with Gasteiger partial charge < -0.3 is 14.8 Å². The topological polar surface area (TPSA) is 47.6 Å². The van der Waals surface area contributed by atoms with Gasteiger partial charge in [0.05, 0.1) is 13.2 Å². The fourth-order valence-corrected chi connectivity index (χ4v) is 2.98. The zero-order chi connectivity index (χ0) is 17.3. The number of carbonyl (C=O) groups is 1. The lowest BCUT2D eigenvalue weighted by molar-refractivity contribution is 0.0619. The summed E-state index contributed by atoms with van der Waals surface area (Å²) in [6, 6.07) is 11.6. The van der Waals surface area contributed by atoms with E-state index >= 15 is 0 Å². The molecule has 1 aliphatic rings. The Bertz CT molecular complexity index is 773. The molecular formula is C19H20FNO3. The van der Waals surface area contributed by atoms with Gasteiger partial charge >= 0.3 is 0 Å². The van der Waals surface area contributed by atoms with Gasteiger partial charge in [-0.3, -0.25) is 4.79 Å². The number of fused-ring (bicyclic) bond motifs is 1. The molecular weight excluding hydrogens is 309 g/mol. The maximum Gasteiger partial charge on any atom is 0.251 e. The van der Waals surface area contributed by atoms with Gasteiger partial charge in [0, 0.05) is 17.5 Å². The summed E-state index contributed by atoms with van der Waals surface area (Å²) in [5, 5.41) is 2.99. The first-order valence-corrected chi connectivity index (χ1v) is 7.82. The van der Waals surface area contributed by atoms with E-state index in [0.717, 1.165) is 11.3 Å². The highest BCUT2D eigenvalue weighted by Gasteiger charge is 2.34. The normalized spacial score (nSPS) is 18.2. The molecule has 2 aromatic carbocycles. The number of amides is 1. The van der Waals surface area contributed by atoms with Crippen molar-refractivity contribution in [3.63, 3.8) is 0 Å². The number of hydrogen-bond acceptors (Lipinski definition) is 3. The number of nitrogens with one attached hydrogen (secondary N) is 1. The summed E-state index contributed by atoms with van der Waals surface area (Å²) in [6.45, 7) is 3.96. The Hall–Kier alpha value is -2.56. The molecule has 2 aromatic rings. The number of halogens is 1. The summed E-state index contributed by atoms with van der Waals surface area (Å²) in [5.74, 6) is -0.00373. The second kappa shape index (κ2) is 6.15. The van der Waals surface area contributed by atoms with Crippen molar-refractivity contribution >= 4 is 5.91 Å². The molecule has 0 saturated carbocycles. The summed E-state index contributed by atoms with van der Waals surface area (Å²) >= 11 is 0. The molecule has 0 saturated heterocycles. The van der Waals surface area contributed by atoms with E-state index in [-0.39, 0.29) is 23.3 Å². The van der Waals surface area contributed by atoms with Crippen molar-refractivity contribution in [1.82, 2.24) is 5.32 Å². The average Bonchev–Trinajstić information content (AvgIpc) is 2.53. The fraction of sp³-hybridized carbons (Fsp3) is 0.316. The van der Waals surface area contributed by atoms with Crippen LogP contribution in [0.25, 0.3) is 0 Å².